The lowest BCUT2D eigenvalue weighted by molar-refractivity contribution is -0.153. The Morgan fingerprint density at radius 2 is 1.72 bits per heavy atom. The quantitative estimate of drug-likeness (QED) is 0.460. The van der Waals surface area contributed by atoms with E-state index in [4.69, 9.17) is 0 Å². The van der Waals surface area contributed by atoms with E-state index in [1.165, 1.54) is 4.90 Å². The maximum absolute atomic E-state index is 13.9. The third-order valence-electron chi connectivity index (χ3n) is 7.94. The molecule has 36 heavy (non-hydrogen) atoms. The predicted molar refractivity (Wildman–Crippen MR) is 134 cm³/mol. The molecule has 0 radical (unpaired) electrons. The van der Waals surface area contributed by atoms with Gasteiger partial charge in [-0.1, -0.05) is 13.8 Å². The molecule has 0 unspecified atom stereocenters. The number of benzene rings is 1. The summed E-state index contributed by atoms with van der Waals surface area (Å²) in [6.45, 7) is 4.91. The lowest BCUT2D eigenvalue weighted by Gasteiger charge is -2.50. The van der Waals surface area contributed by atoms with Gasteiger partial charge in [-0.15, -0.1) is 0 Å². The Labute approximate surface area is 210 Å². The minimum atomic E-state index is -2.56. The number of ketones is 3. The zero-order valence-corrected chi connectivity index (χ0v) is 21.7. The average Bonchev–Trinajstić information content (AvgIpc) is 2.75. The summed E-state index contributed by atoms with van der Waals surface area (Å²) in [6.07, 6.45) is 0.384. The molecule has 1 fully saturated rings. The third-order valence-corrected chi connectivity index (χ3v) is 7.94. The number of phenols is 1. The molecule has 0 spiro atoms. The molecular formula is C27H34N2O7. The van der Waals surface area contributed by atoms with E-state index in [0.29, 0.717) is 11.1 Å². The fourth-order valence-electron chi connectivity index (χ4n) is 6.25. The molecule has 4 N–H and O–H groups in total. The van der Waals surface area contributed by atoms with Crippen molar-refractivity contribution in [3.8, 4) is 5.75 Å². The first kappa shape index (κ1) is 25.9. The van der Waals surface area contributed by atoms with E-state index in [1.807, 2.05) is 38.9 Å². The number of fused-ring (bicyclic) bond motifs is 3. The van der Waals surface area contributed by atoms with Crippen LogP contribution < -0.4 is 4.90 Å². The van der Waals surface area contributed by atoms with E-state index in [1.54, 1.807) is 14.1 Å². The highest BCUT2D eigenvalue weighted by Gasteiger charge is 2.64. The smallest absolute Gasteiger partial charge is 0.202 e. The van der Waals surface area contributed by atoms with Crippen molar-refractivity contribution in [1.82, 2.24) is 4.90 Å². The van der Waals surface area contributed by atoms with Crippen LogP contribution in [0.3, 0.4) is 0 Å². The summed E-state index contributed by atoms with van der Waals surface area (Å²) in [5, 5.41) is 45.3. The molecule has 0 bridgehead atoms. The van der Waals surface area contributed by atoms with Gasteiger partial charge >= 0.3 is 0 Å². The Balaban J connectivity index is 2.02. The summed E-state index contributed by atoms with van der Waals surface area (Å²) in [4.78, 5) is 42.9. The highest BCUT2D eigenvalue weighted by atomic mass is 16.3. The third kappa shape index (κ3) is 3.33. The maximum Gasteiger partial charge on any atom is 0.202 e. The molecule has 1 aromatic rings. The Hall–Kier alpha value is -3.17. The lowest BCUT2D eigenvalue weighted by Crippen LogP contribution is -2.65. The van der Waals surface area contributed by atoms with Gasteiger partial charge in [0, 0.05) is 31.3 Å². The molecule has 4 rings (SSSR count). The highest BCUT2D eigenvalue weighted by molar-refractivity contribution is 6.25. The summed E-state index contributed by atoms with van der Waals surface area (Å²) in [7, 11) is 6.93. The molecule has 4 atom stereocenters. The molecule has 9 heteroatoms. The number of aliphatic hydroxyl groups excluding tert-OH is 2. The first-order chi connectivity index (χ1) is 16.7. The normalized spacial score (nSPS) is 27.9. The van der Waals surface area contributed by atoms with Crippen LogP contribution >= 0.6 is 0 Å². The van der Waals surface area contributed by atoms with Crippen molar-refractivity contribution in [2.75, 3.05) is 33.1 Å². The molecule has 0 amide bonds. The van der Waals surface area contributed by atoms with E-state index >= 15 is 0 Å². The summed E-state index contributed by atoms with van der Waals surface area (Å²) in [5.41, 5.74) is -1.08. The van der Waals surface area contributed by atoms with Gasteiger partial charge in [-0.05, 0) is 62.9 Å². The summed E-state index contributed by atoms with van der Waals surface area (Å²) >= 11 is 0. The van der Waals surface area contributed by atoms with E-state index in [9.17, 15) is 34.8 Å². The molecule has 0 aliphatic heterocycles. The van der Waals surface area contributed by atoms with Crippen LogP contribution in [0.25, 0.3) is 5.76 Å². The number of anilines is 1. The largest absolute Gasteiger partial charge is 0.508 e. The van der Waals surface area contributed by atoms with E-state index in [0.717, 1.165) is 12.6 Å². The van der Waals surface area contributed by atoms with Crippen molar-refractivity contribution in [1.29, 1.82) is 0 Å². The zero-order chi connectivity index (χ0) is 27.0. The van der Waals surface area contributed by atoms with Crippen LogP contribution in [0.2, 0.25) is 0 Å². The number of Topliss-reactive ketones (excluding diaryl/α,β-unsaturated/α-hetero) is 3. The van der Waals surface area contributed by atoms with Crippen molar-refractivity contribution in [3.63, 3.8) is 0 Å². The monoisotopic (exact) mass is 498 g/mol. The van der Waals surface area contributed by atoms with Gasteiger partial charge in [-0.2, -0.15) is 0 Å². The second-order valence-corrected chi connectivity index (χ2v) is 10.9. The van der Waals surface area contributed by atoms with Gasteiger partial charge in [0.2, 0.25) is 5.78 Å². The molecule has 9 nitrogen and oxygen atoms in total. The highest BCUT2D eigenvalue weighted by Crippen LogP contribution is 2.54. The summed E-state index contributed by atoms with van der Waals surface area (Å²) < 4.78 is 0. The van der Waals surface area contributed by atoms with Crippen molar-refractivity contribution in [3.05, 3.63) is 39.7 Å². The van der Waals surface area contributed by atoms with Crippen LogP contribution in [0.1, 0.15) is 49.8 Å². The molecule has 194 valence electrons. The Kier molecular flexibility index (Phi) is 6.08. The van der Waals surface area contributed by atoms with Gasteiger partial charge in [0.1, 0.15) is 22.8 Å². The van der Waals surface area contributed by atoms with E-state index in [2.05, 4.69) is 0 Å². The molecule has 1 saturated carbocycles. The van der Waals surface area contributed by atoms with E-state index in [-0.39, 0.29) is 35.6 Å². The number of carbonyl (C=O) groups excluding carboxylic acids is 3. The number of carbonyl (C=O) groups is 3. The van der Waals surface area contributed by atoms with Gasteiger partial charge in [0.05, 0.1) is 11.6 Å². The molecule has 0 aromatic heterocycles. The average molecular weight is 499 g/mol. The van der Waals surface area contributed by atoms with Gasteiger partial charge in [-0.25, -0.2) is 0 Å². The topological polar surface area (TPSA) is 139 Å². The number of phenolic OH excluding ortho intramolecular Hbond substituents is 1. The van der Waals surface area contributed by atoms with Gasteiger partial charge in [0.25, 0.3) is 0 Å². The fraction of sp³-hybridized carbons (Fsp3) is 0.519. The molecule has 3 aliphatic rings. The molecular weight excluding hydrogens is 464 g/mol. The number of aliphatic hydroxyl groups is 3. The van der Waals surface area contributed by atoms with Gasteiger partial charge < -0.3 is 25.3 Å². The van der Waals surface area contributed by atoms with Crippen LogP contribution in [0.5, 0.6) is 5.75 Å². The van der Waals surface area contributed by atoms with Crippen molar-refractivity contribution in [2.24, 2.45) is 11.8 Å². The molecule has 0 saturated heterocycles. The van der Waals surface area contributed by atoms with Gasteiger partial charge in [0.15, 0.2) is 17.2 Å². The number of nitrogens with zero attached hydrogens (tertiary/aromatic N) is 2. The van der Waals surface area contributed by atoms with E-state index < -0.39 is 57.9 Å². The first-order valence-corrected chi connectivity index (χ1v) is 12.1. The lowest BCUT2D eigenvalue weighted by atomic mass is 9.57. The minimum absolute atomic E-state index is 0.0737. The zero-order valence-electron chi connectivity index (χ0n) is 21.7. The molecule has 0 heterocycles. The number of hydrogen-bond donors (Lipinski definition) is 4. The fourth-order valence-corrected chi connectivity index (χ4v) is 6.25. The number of hydrogen-bond acceptors (Lipinski definition) is 9. The van der Waals surface area contributed by atoms with Gasteiger partial charge in [-0.3, -0.25) is 19.3 Å². The Bertz CT molecular complexity index is 1260. The molecule has 3 aliphatic carbocycles. The standard InChI is InChI=1S/C27H34N2O7/c1-11(2)14-10-17(28(4)5)15-8-13-9-16-21(29(6)7)24(33)18(12(3)30)25(34)27(16,36)26(35)19(13)23(32)20(15)22(14)31/h10-11,13,16,21,31-32,34,36H,8-9H2,1-7H3/t13-,16-,21-,27+/m0/s1. The van der Waals surface area contributed by atoms with Crippen LogP contribution in [0, 0.1) is 11.8 Å². The van der Waals surface area contributed by atoms with Crippen molar-refractivity contribution in [2.45, 2.75) is 51.2 Å². The molecule has 1 aromatic carbocycles. The Morgan fingerprint density at radius 3 is 2.22 bits per heavy atom. The predicted octanol–water partition coefficient (Wildman–Crippen LogP) is 2.26. The minimum Gasteiger partial charge on any atom is -0.508 e. The Morgan fingerprint density at radius 1 is 1.11 bits per heavy atom. The number of likely N-dealkylation sites (N-methyl/N-ethyl adjacent to an activating group) is 1. The van der Waals surface area contributed by atoms with Crippen LogP contribution in [0.4, 0.5) is 5.69 Å². The second-order valence-electron chi connectivity index (χ2n) is 10.9. The SMILES string of the molecule is CC(=O)C1=C(O)[C@@]2(O)C(=O)C3=C(O)c4c(O)c(C(C)C)cc(N(C)C)c4C[C@H]3C[C@H]2[C@H](N(C)C)C1=O. The second kappa shape index (κ2) is 8.45. The maximum atomic E-state index is 13.9. The first-order valence-electron chi connectivity index (χ1n) is 12.1. The summed E-state index contributed by atoms with van der Waals surface area (Å²) in [5.74, 6) is -5.58. The summed E-state index contributed by atoms with van der Waals surface area (Å²) in [6, 6.07) is 0.849. The number of aromatic hydroxyl groups is 1. The van der Waals surface area contributed by atoms with Crippen LogP contribution in [-0.2, 0) is 20.8 Å². The number of rotatable bonds is 4. The van der Waals surface area contributed by atoms with Crippen molar-refractivity contribution < 1.29 is 34.8 Å². The van der Waals surface area contributed by atoms with Crippen molar-refractivity contribution >= 4 is 28.8 Å². The van der Waals surface area contributed by atoms with Crippen LogP contribution in [0.15, 0.2) is 23.0 Å². The van der Waals surface area contributed by atoms with Crippen LogP contribution in [-0.4, -0.2) is 82.5 Å².